The maximum absolute atomic E-state index is 10.6. The summed E-state index contributed by atoms with van der Waals surface area (Å²) in [4.78, 5) is 10.6. The van der Waals surface area contributed by atoms with Crippen molar-refractivity contribution in [2.24, 2.45) is 5.73 Å². The highest BCUT2D eigenvalue weighted by atomic mass is 35.5. The molecule has 1 amide bonds. The summed E-state index contributed by atoms with van der Waals surface area (Å²) in [7, 11) is 0. The quantitative estimate of drug-likeness (QED) is 0.481. The van der Waals surface area contributed by atoms with Crippen LogP contribution in [-0.2, 0) is 0 Å². The molecule has 0 aliphatic carbocycles. The van der Waals surface area contributed by atoms with Crippen LogP contribution < -0.4 is 10.5 Å². The first-order valence-corrected chi connectivity index (χ1v) is 3.17. The number of halogens is 1. The Bertz CT molecular complexity index is 301. The van der Waals surface area contributed by atoms with Gasteiger partial charge in [0.15, 0.2) is 12.4 Å². The van der Waals surface area contributed by atoms with E-state index in [0.29, 0.717) is 4.73 Å². The second-order valence-corrected chi connectivity index (χ2v) is 2.34. The van der Waals surface area contributed by atoms with Crippen LogP contribution >= 0.6 is 11.6 Å². The minimum Gasteiger partial charge on any atom is -0.619 e. The summed E-state index contributed by atoms with van der Waals surface area (Å²) in [5.74, 6) is -0.708. The SMILES string of the molecule is NC(=O)c1c[n+]([O-])ccc1Cl. The van der Waals surface area contributed by atoms with Gasteiger partial charge in [0, 0.05) is 6.07 Å². The number of nitrogens with zero attached hydrogens (tertiary/aromatic N) is 1. The largest absolute Gasteiger partial charge is 0.619 e. The van der Waals surface area contributed by atoms with Gasteiger partial charge >= 0.3 is 0 Å². The van der Waals surface area contributed by atoms with Crippen LogP contribution in [0.25, 0.3) is 0 Å². The summed E-state index contributed by atoms with van der Waals surface area (Å²) in [5.41, 5.74) is 4.94. The first kappa shape index (κ1) is 7.81. The molecule has 2 N–H and O–H groups in total. The number of carbonyl (C=O) groups excluding carboxylic acids is 1. The van der Waals surface area contributed by atoms with E-state index in [9.17, 15) is 10.0 Å². The molecule has 58 valence electrons. The van der Waals surface area contributed by atoms with Crippen LogP contribution in [0.4, 0.5) is 0 Å². The molecular formula is C6H5ClN2O2. The maximum Gasteiger partial charge on any atom is 0.256 e. The highest BCUT2D eigenvalue weighted by Crippen LogP contribution is 2.10. The first-order valence-electron chi connectivity index (χ1n) is 2.79. The molecule has 1 aromatic rings. The van der Waals surface area contributed by atoms with E-state index in [-0.39, 0.29) is 10.6 Å². The van der Waals surface area contributed by atoms with Gasteiger partial charge in [-0.1, -0.05) is 11.6 Å². The molecule has 1 aromatic heterocycles. The highest BCUT2D eigenvalue weighted by Gasteiger charge is 2.09. The molecule has 0 unspecified atom stereocenters. The van der Waals surface area contributed by atoms with E-state index < -0.39 is 5.91 Å². The van der Waals surface area contributed by atoms with Crippen molar-refractivity contribution in [3.8, 4) is 0 Å². The minimum atomic E-state index is -0.708. The summed E-state index contributed by atoms with van der Waals surface area (Å²) < 4.78 is 0.464. The summed E-state index contributed by atoms with van der Waals surface area (Å²) >= 11 is 5.54. The number of nitrogens with two attached hydrogens (primary N) is 1. The summed E-state index contributed by atoms with van der Waals surface area (Å²) in [5, 5.41) is 10.8. The van der Waals surface area contributed by atoms with E-state index in [1.807, 2.05) is 0 Å². The first-order chi connectivity index (χ1) is 5.11. The fourth-order valence-corrected chi connectivity index (χ4v) is 0.840. The average molecular weight is 173 g/mol. The van der Waals surface area contributed by atoms with E-state index in [0.717, 1.165) is 6.20 Å². The minimum absolute atomic E-state index is 0.0316. The van der Waals surface area contributed by atoms with Crippen molar-refractivity contribution in [2.45, 2.75) is 0 Å². The molecule has 0 fully saturated rings. The number of hydrogen-bond acceptors (Lipinski definition) is 2. The number of carbonyl (C=O) groups is 1. The van der Waals surface area contributed by atoms with Crippen LogP contribution in [0.5, 0.6) is 0 Å². The Labute approximate surface area is 67.8 Å². The van der Waals surface area contributed by atoms with Crippen molar-refractivity contribution in [2.75, 3.05) is 0 Å². The Hall–Kier alpha value is -1.29. The zero-order valence-electron chi connectivity index (χ0n) is 5.45. The zero-order valence-corrected chi connectivity index (χ0v) is 6.21. The lowest BCUT2D eigenvalue weighted by Gasteiger charge is -1.98. The van der Waals surface area contributed by atoms with Crippen molar-refractivity contribution < 1.29 is 9.52 Å². The molecule has 11 heavy (non-hydrogen) atoms. The van der Waals surface area contributed by atoms with Crippen molar-refractivity contribution >= 4 is 17.5 Å². The van der Waals surface area contributed by atoms with Gasteiger partial charge in [0.05, 0.1) is 5.02 Å². The number of primary amides is 1. The fourth-order valence-electron chi connectivity index (χ4n) is 0.642. The lowest BCUT2D eigenvalue weighted by molar-refractivity contribution is -0.605. The average Bonchev–Trinajstić information content (AvgIpc) is 1.94. The Morgan fingerprint density at radius 2 is 2.36 bits per heavy atom. The third-order valence-corrected chi connectivity index (χ3v) is 1.48. The van der Waals surface area contributed by atoms with Crippen LogP contribution in [0.2, 0.25) is 5.02 Å². The smallest absolute Gasteiger partial charge is 0.256 e. The Balaban J connectivity index is 3.23. The highest BCUT2D eigenvalue weighted by molar-refractivity contribution is 6.33. The molecule has 0 spiro atoms. The van der Waals surface area contributed by atoms with Gasteiger partial charge in [-0.05, 0) is 0 Å². The van der Waals surface area contributed by atoms with Crippen LogP contribution in [-0.4, -0.2) is 5.91 Å². The molecule has 0 radical (unpaired) electrons. The van der Waals surface area contributed by atoms with E-state index in [4.69, 9.17) is 17.3 Å². The maximum atomic E-state index is 10.6. The van der Waals surface area contributed by atoms with Gasteiger partial charge in [-0.2, -0.15) is 4.73 Å². The van der Waals surface area contributed by atoms with E-state index in [1.54, 1.807) is 0 Å². The lowest BCUT2D eigenvalue weighted by Crippen LogP contribution is -2.27. The molecule has 0 aliphatic heterocycles. The molecule has 4 nitrogen and oxygen atoms in total. The summed E-state index contributed by atoms with van der Waals surface area (Å²) in [6.07, 6.45) is 2.22. The third kappa shape index (κ3) is 1.59. The zero-order chi connectivity index (χ0) is 8.43. The molecule has 0 aromatic carbocycles. The number of hydrogen-bond donors (Lipinski definition) is 1. The second-order valence-electron chi connectivity index (χ2n) is 1.93. The lowest BCUT2D eigenvalue weighted by atomic mass is 10.3. The van der Waals surface area contributed by atoms with Crippen LogP contribution in [0.15, 0.2) is 18.5 Å². The Morgan fingerprint density at radius 3 is 2.82 bits per heavy atom. The standard InChI is InChI=1S/C6H5ClN2O2/c7-5-1-2-9(11)3-4(5)6(8)10/h1-3H,(H2,8,10). The number of pyridine rings is 1. The van der Waals surface area contributed by atoms with Gasteiger partial charge in [-0.3, -0.25) is 4.79 Å². The van der Waals surface area contributed by atoms with Crippen molar-refractivity contribution in [1.29, 1.82) is 0 Å². The van der Waals surface area contributed by atoms with Gasteiger partial charge < -0.3 is 10.9 Å². The van der Waals surface area contributed by atoms with Crippen LogP contribution in [0.3, 0.4) is 0 Å². The second kappa shape index (κ2) is 2.75. The van der Waals surface area contributed by atoms with Gasteiger partial charge in [0.1, 0.15) is 5.56 Å². The van der Waals surface area contributed by atoms with Gasteiger partial charge in [0.2, 0.25) is 0 Å². The number of amides is 1. The molecule has 0 bridgehead atoms. The molecule has 1 heterocycles. The predicted molar refractivity (Wildman–Crippen MR) is 38.9 cm³/mol. The molecule has 0 saturated heterocycles. The third-order valence-electron chi connectivity index (χ3n) is 1.15. The number of aromatic nitrogens is 1. The van der Waals surface area contributed by atoms with Crippen LogP contribution in [0, 0.1) is 5.21 Å². The number of rotatable bonds is 1. The van der Waals surface area contributed by atoms with E-state index in [2.05, 4.69) is 0 Å². The Kier molecular flexibility index (Phi) is 1.96. The van der Waals surface area contributed by atoms with E-state index >= 15 is 0 Å². The normalized spacial score (nSPS) is 9.55. The van der Waals surface area contributed by atoms with E-state index in [1.165, 1.54) is 12.3 Å². The monoisotopic (exact) mass is 172 g/mol. The van der Waals surface area contributed by atoms with Crippen LogP contribution in [0.1, 0.15) is 10.4 Å². The molecule has 0 aliphatic rings. The fraction of sp³-hybridized carbons (Fsp3) is 0. The molecule has 1 rings (SSSR count). The summed E-state index contributed by atoms with van der Waals surface area (Å²) in [6, 6.07) is 1.31. The topological polar surface area (TPSA) is 70.0 Å². The van der Waals surface area contributed by atoms with Gasteiger partial charge in [-0.15, -0.1) is 0 Å². The van der Waals surface area contributed by atoms with Gasteiger partial charge in [-0.25, -0.2) is 0 Å². The van der Waals surface area contributed by atoms with Crippen molar-refractivity contribution in [1.82, 2.24) is 0 Å². The molecular weight excluding hydrogens is 168 g/mol. The van der Waals surface area contributed by atoms with Crippen molar-refractivity contribution in [3.05, 3.63) is 34.3 Å². The predicted octanol–water partition coefficient (Wildman–Crippen LogP) is 0.0723. The Morgan fingerprint density at radius 1 is 1.73 bits per heavy atom. The molecule has 0 saturated carbocycles. The molecule has 0 atom stereocenters. The summed E-state index contributed by atoms with van der Waals surface area (Å²) in [6.45, 7) is 0. The van der Waals surface area contributed by atoms with Gasteiger partial charge in [0.25, 0.3) is 5.91 Å². The van der Waals surface area contributed by atoms with Crippen molar-refractivity contribution in [3.63, 3.8) is 0 Å². The molecule has 5 heteroatoms.